The fourth-order valence-electron chi connectivity index (χ4n) is 2.37. The van der Waals surface area contributed by atoms with E-state index in [1.165, 1.54) is 12.0 Å². The van der Waals surface area contributed by atoms with E-state index in [0.717, 1.165) is 29.9 Å². The van der Waals surface area contributed by atoms with Crippen molar-refractivity contribution >= 4 is 28.7 Å². The summed E-state index contributed by atoms with van der Waals surface area (Å²) in [7, 11) is 0. The van der Waals surface area contributed by atoms with Gasteiger partial charge in [0.1, 0.15) is 5.58 Å². The first kappa shape index (κ1) is 13.5. The molecular weight excluding hydrogens is 276 g/mol. The van der Waals surface area contributed by atoms with Crippen molar-refractivity contribution < 1.29 is 19.1 Å². The van der Waals surface area contributed by atoms with Crippen molar-refractivity contribution in [1.29, 1.82) is 0 Å². The van der Waals surface area contributed by atoms with Gasteiger partial charge < -0.3 is 14.3 Å². The molecule has 1 aromatic carbocycles. The van der Waals surface area contributed by atoms with Crippen molar-refractivity contribution in [1.82, 2.24) is 0 Å². The first-order valence-corrected chi connectivity index (χ1v) is 7.83. The molecule has 20 heavy (non-hydrogen) atoms. The van der Waals surface area contributed by atoms with E-state index in [0.29, 0.717) is 11.7 Å². The van der Waals surface area contributed by atoms with Crippen LogP contribution in [0.2, 0.25) is 0 Å². The second-order valence-electron chi connectivity index (χ2n) is 4.94. The summed E-state index contributed by atoms with van der Waals surface area (Å²) in [5.41, 5.74) is 1.80. The Balaban J connectivity index is 1.64. The number of carboxylic acids is 1. The van der Waals surface area contributed by atoms with Gasteiger partial charge in [0.05, 0.1) is 6.10 Å². The molecule has 0 spiro atoms. The highest BCUT2D eigenvalue weighted by Gasteiger charge is 2.15. The van der Waals surface area contributed by atoms with Gasteiger partial charge in [-0.15, -0.1) is 0 Å². The normalized spacial score (nSPS) is 18.7. The fraction of sp³-hybridized carbons (Fsp3) is 0.400. The molecular formula is C15H16O4S. The average molecular weight is 292 g/mol. The third-order valence-electron chi connectivity index (χ3n) is 3.39. The van der Waals surface area contributed by atoms with Crippen molar-refractivity contribution in [2.24, 2.45) is 0 Å². The molecule has 0 aliphatic carbocycles. The van der Waals surface area contributed by atoms with Crippen LogP contribution in [0.3, 0.4) is 0 Å². The number of carboxylic acid groups (broad SMARTS) is 1. The Morgan fingerprint density at radius 3 is 3.05 bits per heavy atom. The standard InChI is InChI=1S/C15H16O4S/c16-15(17)14-7-11-6-10(3-4-13(11)19-14)8-20-9-12-2-1-5-18-12/h3-4,6-7,12H,1-2,5,8-9H2,(H,16,17). The van der Waals surface area contributed by atoms with Crippen LogP contribution in [0.1, 0.15) is 29.0 Å². The van der Waals surface area contributed by atoms with Gasteiger partial charge in [0.2, 0.25) is 5.76 Å². The number of hydrogen-bond donors (Lipinski definition) is 1. The molecule has 0 bridgehead atoms. The van der Waals surface area contributed by atoms with E-state index in [4.69, 9.17) is 14.3 Å². The van der Waals surface area contributed by atoms with Crippen LogP contribution >= 0.6 is 11.8 Å². The molecule has 1 atom stereocenters. The summed E-state index contributed by atoms with van der Waals surface area (Å²) in [5, 5.41) is 9.75. The number of hydrogen-bond acceptors (Lipinski definition) is 4. The maximum absolute atomic E-state index is 10.9. The van der Waals surface area contributed by atoms with Crippen LogP contribution in [0.5, 0.6) is 0 Å². The highest BCUT2D eigenvalue weighted by molar-refractivity contribution is 7.98. The zero-order valence-electron chi connectivity index (χ0n) is 11.0. The smallest absolute Gasteiger partial charge is 0.371 e. The molecule has 0 amide bonds. The SMILES string of the molecule is O=C(O)c1cc2cc(CSCC3CCCO3)ccc2o1. The first-order chi connectivity index (χ1) is 9.72. The lowest BCUT2D eigenvalue weighted by atomic mass is 10.2. The van der Waals surface area contributed by atoms with Crippen molar-refractivity contribution in [3.8, 4) is 0 Å². The number of rotatable bonds is 5. The minimum Gasteiger partial charge on any atom is -0.475 e. The number of furan rings is 1. The molecule has 1 fully saturated rings. The Morgan fingerprint density at radius 1 is 1.40 bits per heavy atom. The lowest BCUT2D eigenvalue weighted by Gasteiger charge is -2.08. The van der Waals surface area contributed by atoms with E-state index in [1.807, 2.05) is 30.0 Å². The number of ether oxygens (including phenoxy) is 1. The third-order valence-corrected chi connectivity index (χ3v) is 4.53. The molecule has 1 aliphatic rings. The van der Waals surface area contributed by atoms with Gasteiger partial charge in [-0.25, -0.2) is 4.79 Å². The second-order valence-corrected chi connectivity index (χ2v) is 5.97. The van der Waals surface area contributed by atoms with E-state index in [1.54, 1.807) is 6.07 Å². The molecule has 2 heterocycles. The van der Waals surface area contributed by atoms with E-state index in [9.17, 15) is 4.79 Å². The van der Waals surface area contributed by atoms with Crippen molar-refractivity contribution in [2.75, 3.05) is 12.4 Å². The van der Waals surface area contributed by atoms with E-state index < -0.39 is 5.97 Å². The van der Waals surface area contributed by atoms with Crippen molar-refractivity contribution in [3.05, 3.63) is 35.6 Å². The second kappa shape index (κ2) is 5.89. The summed E-state index contributed by atoms with van der Waals surface area (Å²) in [6.07, 6.45) is 2.73. The Labute approximate surface area is 121 Å². The minimum absolute atomic E-state index is 0.0100. The molecule has 3 rings (SSSR count). The Hall–Kier alpha value is -1.46. The summed E-state index contributed by atoms with van der Waals surface area (Å²) >= 11 is 1.85. The Bertz CT molecular complexity index is 613. The van der Waals surface area contributed by atoms with Gasteiger partial charge in [-0.3, -0.25) is 0 Å². The van der Waals surface area contributed by atoms with E-state index >= 15 is 0 Å². The molecule has 1 aliphatic heterocycles. The predicted octanol–water partition coefficient (Wildman–Crippen LogP) is 3.54. The maximum Gasteiger partial charge on any atom is 0.371 e. The molecule has 1 N–H and O–H groups in total. The van der Waals surface area contributed by atoms with Crippen molar-refractivity contribution in [3.63, 3.8) is 0 Å². The summed E-state index contributed by atoms with van der Waals surface area (Å²) in [5.74, 6) is 0.882. The predicted molar refractivity (Wildman–Crippen MR) is 78.3 cm³/mol. The lowest BCUT2D eigenvalue weighted by molar-refractivity contribution is 0.0665. The number of aromatic carboxylic acids is 1. The number of fused-ring (bicyclic) bond motifs is 1. The molecule has 106 valence electrons. The van der Waals surface area contributed by atoms with Crippen LogP contribution < -0.4 is 0 Å². The molecule has 2 aromatic rings. The van der Waals surface area contributed by atoms with Gasteiger partial charge in [-0.2, -0.15) is 11.8 Å². The molecule has 0 radical (unpaired) electrons. The zero-order chi connectivity index (χ0) is 13.9. The summed E-state index contributed by atoms with van der Waals surface area (Å²) < 4.78 is 10.8. The van der Waals surface area contributed by atoms with Crippen LogP contribution in [0.15, 0.2) is 28.7 Å². The number of thioether (sulfide) groups is 1. The number of carbonyl (C=O) groups is 1. The monoisotopic (exact) mass is 292 g/mol. The van der Waals surface area contributed by atoms with Crippen LogP contribution in [-0.4, -0.2) is 29.5 Å². The topological polar surface area (TPSA) is 59.7 Å². The van der Waals surface area contributed by atoms with E-state index in [-0.39, 0.29) is 5.76 Å². The Kier molecular flexibility index (Phi) is 3.98. The Morgan fingerprint density at radius 2 is 2.30 bits per heavy atom. The van der Waals surface area contributed by atoms with E-state index in [2.05, 4.69) is 0 Å². The molecule has 1 aromatic heterocycles. The van der Waals surface area contributed by atoms with Crippen LogP contribution in [0, 0.1) is 0 Å². The van der Waals surface area contributed by atoms with Gasteiger partial charge in [-0.1, -0.05) is 6.07 Å². The van der Waals surface area contributed by atoms with Gasteiger partial charge >= 0.3 is 5.97 Å². The molecule has 1 unspecified atom stereocenters. The van der Waals surface area contributed by atoms with Crippen LogP contribution in [0.25, 0.3) is 11.0 Å². The largest absolute Gasteiger partial charge is 0.475 e. The van der Waals surface area contributed by atoms with Crippen LogP contribution in [0.4, 0.5) is 0 Å². The minimum atomic E-state index is -1.03. The maximum atomic E-state index is 10.9. The van der Waals surface area contributed by atoms with Gasteiger partial charge in [-0.05, 0) is 36.6 Å². The summed E-state index contributed by atoms with van der Waals surface area (Å²) in [6.45, 7) is 0.893. The number of benzene rings is 1. The molecule has 0 saturated carbocycles. The van der Waals surface area contributed by atoms with Gasteiger partial charge in [0.15, 0.2) is 0 Å². The highest BCUT2D eigenvalue weighted by atomic mass is 32.2. The quantitative estimate of drug-likeness (QED) is 0.913. The third kappa shape index (κ3) is 2.99. The lowest BCUT2D eigenvalue weighted by Crippen LogP contribution is -2.07. The molecule has 4 nitrogen and oxygen atoms in total. The summed E-state index contributed by atoms with van der Waals surface area (Å²) in [4.78, 5) is 10.9. The fourth-order valence-corrected chi connectivity index (χ4v) is 3.43. The van der Waals surface area contributed by atoms with Gasteiger partial charge in [0.25, 0.3) is 0 Å². The average Bonchev–Trinajstić information content (AvgIpc) is 3.06. The molecule has 1 saturated heterocycles. The van der Waals surface area contributed by atoms with Crippen molar-refractivity contribution in [2.45, 2.75) is 24.7 Å². The summed E-state index contributed by atoms with van der Waals surface area (Å²) in [6, 6.07) is 7.39. The zero-order valence-corrected chi connectivity index (χ0v) is 11.8. The highest BCUT2D eigenvalue weighted by Crippen LogP contribution is 2.24. The molecule has 5 heteroatoms. The van der Waals surface area contributed by atoms with Crippen LogP contribution in [-0.2, 0) is 10.5 Å². The first-order valence-electron chi connectivity index (χ1n) is 6.67. The van der Waals surface area contributed by atoms with Gasteiger partial charge in [0, 0.05) is 23.5 Å².